The molecule has 0 radical (unpaired) electrons. The van der Waals surface area contributed by atoms with Crippen molar-refractivity contribution in [1.29, 1.82) is 0 Å². The summed E-state index contributed by atoms with van der Waals surface area (Å²) >= 11 is 6.18. The lowest BCUT2D eigenvalue weighted by Crippen LogP contribution is -2.47. The monoisotopic (exact) mass is 432 g/mol. The fourth-order valence-electron chi connectivity index (χ4n) is 3.40. The van der Waals surface area contributed by atoms with Gasteiger partial charge in [0.2, 0.25) is 0 Å². The lowest BCUT2D eigenvalue weighted by Gasteiger charge is -2.15. The molecule has 1 fully saturated rings. The summed E-state index contributed by atoms with van der Waals surface area (Å²) in [6.45, 7) is 5.09. The number of carbonyl (C=O) groups excluding carboxylic acids is 3. The van der Waals surface area contributed by atoms with Crippen LogP contribution in [0.25, 0.3) is 5.69 Å². The molecule has 1 aliphatic rings. The van der Waals surface area contributed by atoms with Crippen molar-refractivity contribution in [2.75, 3.05) is 0 Å². The molecule has 1 atom stereocenters. The molecule has 1 aromatic heterocycles. The SMILES string of the molecule is Cc1nn(-c2ccc(C(=O)OC(C)C(=O)NC(=O)NC3CCCC3)cc2)c(C)c1Cl. The number of esters is 1. The van der Waals surface area contributed by atoms with Gasteiger partial charge in [0.15, 0.2) is 6.10 Å². The second-order valence-corrected chi connectivity index (χ2v) is 7.81. The molecule has 2 N–H and O–H groups in total. The van der Waals surface area contributed by atoms with Crippen molar-refractivity contribution in [3.05, 3.63) is 46.2 Å². The Morgan fingerprint density at radius 3 is 2.37 bits per heavy atom. The van der Waals surface area contributed by atoms with Crippen molar-refractivity contribution in [2.24, 2.45) is 0 Å². The molecule has 2 aromatic rings. The number of nitrogens with zero attached hydrogens (tertiary/aromatic N) is 2. The molecule has 0 spiro atoms. The fourth-order valence-corrected chi connectivity index (χ4v) is 3.52. The molecular weight excluding hydrogens is 408 g/mol. The minimum absolute atomic E-state index is 0.0891. The Hall–Kier alpha value is -2.87. The van der Waals surface area contributed by atoms with Gasteiger partial charge in [-0.3, -0.25) is 10.1 Å². The number of benzene rings is 1. The van der Waals surface area contributed by atoms with Crippen LogP contribution >= 0.6 is 11.6 Å². The number of ether oxygens (including phenoxy) is 1. The Morgan fingerprint density at radius 2 is 1.80 bits per heavy atom. The van der Waals surface area contributed by atoms with Gasteiger partial charge in [-0.2, -0.15) is 5.10 Å². The van der Waals surface area contributed by atoms with Crippen LogP contribution in [0.2, 0.25) is 5.02 Å². The summed E-state index contributed by atoms with van der Waals surface area (Å²) in [5.41, 5.74) is 2.54. The second-order valence-electron chi connectivity index (χ2n) is 7.44. The van der Waals surface area contributed by atoms with Gasteiger partial charge in [0.25, 0.3) is 5.91 Å². The highest BCUT2D eigenvalue weighted by atomic mass is 35.5. The first-order valence-corrected chi connectivity index (χ1v) is 10.3. The summed E-state index contributed by atoms with van der Waals surface area (Å²) in [5, 5.41) is 9.93. The van der Waals surface area contributed by atoms with Crippen molar-refractivity contribution in [1.82, 2.24) is 20.4 Å². The number of aryl methyl sites for hydroxylation is 1. The normalized spacial score (nSPS) is 14.9. The van der Waals surface area contributed by atoms with Crippen molar-refractivity contribution >= 4 is 29.5 Å². The molecule has 1 saturated carbocycles. The van der Waals surface area contributed by atoms with Gasteiger partial charge in [-0.25, -0.2) is 14.3 Å². The predicted molar refractivity (Wildman–Crippen MR) is 112 cm³/mol. The van der Waals surface area contributed by atoms with Crippen LogP contribution in [0, 0.1) is 13.8 Å². The quantitative estimate of drug-likeness (QED) is 0.704. The second kappa shape index (κ2) is 9.30. The molecular formula is C21H25ClN4O4. The topological polar surface area (TPSA) is 102 Å². The zero-order valence-electron chi connectivity index (χ0n) is 17.2. The Morgan fingerprint density at radius 1 is 1.17 bits per heavy atom. The molecule has 9 heteroatoms. The maximum absolute atomic E-state index is 12.4. The summed E-state index contributed by atoms with van der Waals surface area (Å²) < 4.78 is 6.87. The van der Waals surface area contributed by atoms with Crippen LogP contribution in [0.4, 0.5) is 4.79 Å². The van der Waals surface area contributed by atoms with Gasteiger partial charge in [0.1, 0.15) is 0 Å². The standard InChI is InChI=1S/C21H25ClN4O4/c1-12-18(22)13(2)26(25-12)17-10-8-15(9-11-17)20(28)30-14(3)19(27)24-21(29)23-16-6-4-5-7-16/h8-11,14,16H,4-7H2,1-3H3,(H2,23,24,27,29). The van der Waals surface area contributed by atoms with Crippen molar-refractivity contribution in [2.45, 2.75) is 58.6 Å². The zero-order valence-corrected chi connectivity index (χ0v) is 18.0. The average Bonchev–Trinajstić information content (AvgIpc) is 3.31. The number of carbonyl (C=O) groups is 3. The molecule has 1 heterocycles. The van der Waals surface area contributed by atoms with Crippen molar-refractivity contribution < 1.29 is 19.1 Å². The maximum Gasteiger partial charge on any atom is 0.338 e. The predicted octanol–water partition coefficient (Wildman–Crippen LogP) is 3.46. The van der Waals surface area contributed by atoms with Gasteiger partial charge < -0.3 is 10.1 Å². The third-order valence-electron chi connectivity index (χ3n) is 5.13. The summed E-state index contributed by atoms with van der Waals surface area (Å²) in [5.74, 6) is -1.33. The first-order chi connectivity index (χ1) is 14.3. The number of aromatic nitrogens is 2. The molecule has 3 amide bonds. The van der Waals surface area contributed by atoms with E-state index in [1.54, 1.807) is 28.9 Å². The number of amides is 3. The Kier molecular flexibility index (Phi) is 6.77. The van der Waals surface area contributed by atoms with E-state index in [1.807, 2.05) is 13.8 Å². The van der Waals surface area contributed by atoms with Crippen LogP contribution in [-0.2, 0) is 9.53 Å². The summed E-state index contributed by atoms with van der Waals surface area (Å²) in [7, 11) is 0. The van der Waals surface area contributed by atoms with Gasteiger partial charge in [0.05, 0.1) is 27.7 Å². The van der Waals surface area contributed by atoms with E-state index in [-0.39, 0.29) is 11.6 Å². The summed E-state index contributed by atoms with van der Waals surface area (Å²) in [4.78, 5) is 36.4. The lowest BCUT2D eigenvalue weighted by atomic mass is 10.2. The van der Waals surface area contributed by atoms with E-state index in [9.17, 15) is 14.4 Å². The highest BCUT2D eigenvalue weighted by Gasteiger charge is 2.23. The van der Waals surface area contributed by atoms with Gasteiger partial charge in [0, 0.05) is 6.04 Å². The van der Waals surface area contributed by atoms with E-state index in [1.165, 1.54) is 6.92 Å². The lowest BCUT2D eigenvalue weighted by molar-refractivity contribution is -0.127. The molecule has 1 aliphatic carbocycles. The Bertz CT molecular complexity index is 949. The van der Waals surface area contributed by atoms with Crippen LogP contribution in [0.5, 0.6) is 0 Å². The highest BCUT2D eigenvalue weighted by Crippen LogP contribution is 2.22. The number of nitrogens with one attached hydrogen (secondary N) is 2. The van der Waals surface area contributed by atoms with Crippen LogP contribution in [0.15, 0.2) is 24.3 Å². The van der Waals surface area contributed by atoms with Crippen molar-refractivity contribution in [3.8, 4) is 5.69 Å². The molecule has 8 nitrogen and oxygen atoms in total. The number of halogens is 1. The molecule has 1 aromatic carbocycles. The highest BCUT2D eigenvalue weighted by molar-refractivity contribution is 6.31. The number of hydrogen-bond donors (Lipinski definition) is 2. The van der Waals surface area contributed by atoms with Crippen LogP contribution in [0.3, 0.4) is 0 Å². The summed E-state index contributed by atoms with van der Waals surface area (Å²) in [6, 6.07) is 6.12. The molecule has 0 saturated heterocycles. The molecule has 0 bridgehead atoms. The van der Waals surface area contributed by atoms with E-state index >= 15 is 0 Å². The van der Waals surface area contributed by atoms with E-state index in [0.29, 0.717) is 5.02 Å². The van der Waals surface area contributed by atoms with Crippen molar-refractivity contribution in [3.63, 3.8) is 0 Å². The van der Waals surface area contributed by atoms with E-state index in [2.05, 4.69) is 15.7 Å². The maximum atomic E-state index is 12.4. The number of rotatable bonds is 5. The fraction of sp³-hybridized carbons (Fsp3) is 0.429. The largest absolute Gasteiger partial charge is 0.449 e. The third kappa shape index (κ3) is 4.99. The van der Waals surface area contributed by atoms with E-state index in [4.69, 9.17) is 16.3 Å². The van der Waals surface area contributed by atoms with Gasteiger partial charge >= 0.3 is 12.0 Å². The smallest absolute Gasteiger partial charge is 0.338 e. The van der Waals surface area contributed by atoms with Gasteiger partial charge in [-0.05, 0) is 57.9 Å². The van der Waals surface area contributed by atoms with Crippen LogP contribution in [0.1, 0.15) is 54.4 Å². The zero-order chi connectivity index (χ0) is 21.8. The summed E-state index contributed by atoms with van der Waals surface area (Å²) in [6.07, 6.45) is 2.84. The van der Waals surface area contributed by atoms with Crippen LogP contribution < -0.4 is 10.6 Å². The van der Waals surface area contributed by atoms with Gasteiger partial charge in [-0.1, -0.05) is 24.4 Å². The molecule has 1 unspecified atom stereocenters. The number of hydrogen-bond acceptors (Lipinski definition) is 5. The van der Waals surface area contributed by atoms with E-state index < -0.39 is 24.0 Å². The Balaban J connectivity index is 1.56. The van der Waals surface area contributed by atoms with Gasteiger partial charge in [-0.15, -0.1) is 0 Å². The Labute approximate surface area is 179 Å². The first kappa shape index (κ1) is 21.8. The average molecular weight is 433 g/mol. The molecule has 30 heavy (non-hydrogen) atoms. The molecule has 3 rings (SSSR count). The third-order valence-corrected chi connectivity index (χ3v) is 5.68. The minimum atomic E-state index is -1.11. The minimum Gasteiger partial charge on any atom is -0.449 e. The van der Waals surface area contributed by atoms with E-state index in [0.717, 1.165) is 42.8 Å². The molecule has 160 valence electrons. The first-order valence-electron chi connectivity index (χ1n) is 9.90. The number of imide groups is 1. The van der Waals surface area contributed by atoms with Crippen LogP contribution in [-0.4, -0.2) is 39.8 Å². The number of urea groups is 1. The molecule has 0 aliphatic heterocycles.